The standard InChI is InChI=1S/C19H26N2O2S/c1-13-16(17(20-23-13)19(2,3)4)18(22)21-9-7-14(8-10-21)12-15-6-5-11-24-15/h5-6,11,14H,7-10,12H2,1-4H3. The molecule has 5 heteroatoms. The van der Waals surface area contributed by atoms with Crippen LogP contribution in [-0.4, -0.2) is 29.1 Å². The number of likely N-dealkylation sites (tertiary alicyclic amines) is 1. The lowest BCUT2D eigenvalue weighted by atomic mass is 9.87. The number of thiophene rings is 1. The van der Waals surface area contributed by atoms with E-state index in [0.717, 1.165) is 38.0 Å². The molecule has 0 aliphatic carbocycles. The molecule has 0 bridgehead atoms. The molecule has 0 aromatic carbocycles. The predicted molar refractivity (Wildman–Crippen MR) is 96.6 cm³/mol. The Morgan fingerprint density at radius 2 is 2.08 bits per heavy atom. The molecule has 1 saturated heterocycles. The molecule has 2 aromatic rings. The Balaban J connectivity index is 1.67. The van der Waals surface area contributed by atoms with Crippen LogP contribution in [-0.2, 0) is 11.8 Å². The molecule has 0 unspecified atom stereocenters. The maximum absolute atomic E-state index is 13.0. The zero-order chi connectivity index (χ0) is 17.3. The van der Waals surface area contributed by atoms with Crippen LogP contribution < -0.4 is 0 Å². The summed E-state index contributed by atoms with van der Waals surface area (Å²) in [5, 5.41) is 6.28. The molecule has 0 N–H and O–H groups in total. The van der Waals surface area contributed by atoms with Crippen molar-refractivity contribution in [2.75, 3.05) is 13.1 Å². The van der Waals surface area contributed by atoms with Gasteiger partial charge in [-0.2, -0.15) is 0 Å². The van der Waals surface area contributed by atoms with Gasteiger partial charge in [0, 0.05) is 23.4 Å². The Labute approximate surface area is 147 Å². The number of carbonyl (C=O) groups is 1. The van der Waals surface area contributed by atoms with Crippen molar-refractivity contribution in [1.82, 2.24) is 10.1 Å². The van der Waals surface area contributed by atoms with Gasteiger partial charge in [-0.3, -0.25) is 4.79 Å². The highest BCUT2D eigenvalue weighted by atomic mass is 32.1. The van der Waals surface area contributed by atoms with Crippen LogP contribution in [0, 0.1) is 12.8 Å². The number of rotatable bonds is 3. The normalized spacial score (nSPS) is 16.6. The van der Waals surface area contributed by atoms with E-state index in [9.17, 15) is 4.79 Å². The number of nitrogens with zero attached hydrogens (tertiary/aromatic N) is 2. The van der Waals surface area contributed by atoms with Crippen LogP contribution in [0.25, 0.3) is 0 Å². The lowest BCUT2D eigenvalue weighted by molar-refractivity contribution is 0.0687. The number of aryl methyl sites for hydroxylation is 1. The predicted octanol–water partition coefficient (Wildman–Crippen LogP) is 4.44. The van der Waals surface area contributed by atoms with E-state index in [1.807, 2.05) is 23.2 Å². The molecular weight excluding hydrogens is 320 g/mol. The SMILES string of the molecule is Cc1onc(C(C)(C)C)c1C(=O)N1CCC(Cc2cccs2)CC1. The number of aromatic nitrogens is 1. The lowest BCUT2D eigenvalue weighted by Gasteiger charge is -2.32. The summed E-state index contributed by atoms with van der Waals surface area (Å²) >= 11 is 1.83. The lowest BCUT2D eigenvalue weighted by Crippen LogP contribution is -2.39. The minimum absolute atomic E-state index is 0.0771. The number of hydrogen-bond donors (Lipinski definition) is 0. The van der Waals surface area contributed by atoms with Crippen molar-refractivity contribution in [2.24, 2.45) is 5.92 Å². The Hall–Kier alpha value is -1.62. The molecule has 0 radical (unpaired) electrons. The highest BCUT2D eigenvalue weighted by molar-refractivity contribution is 7.09. The van der Waals surface area contributed by atoms with Crippen molar-refractivity contribution in [2.45, 2.75) is 52.4 Å². The third kappa shape index (κ3) is 3.56. The first-order chi connectivity index (χ1) is 11.4. The third-order valence-electron chi connectivity index (χ3n) is 4.76. The molecule has 1 fully saturated rings. The van der Waals surface area contributed by atoms with Gasteiger partial charge in [0.25, 0.3) is 5.91 Å². The van der Waals surface area contributed by atoms with Crippen LogP contribution in [0.1, 0.15) is 60.3 Å². The second-order valence-corrected chi connectivity index (χ2v) is 8.76. The Bertz CT molecular complexity index is 690. The van der Waals surface area contributed by atoms with Crippen molar-refractivity contribution in [3.8, 4) is 0 Å². The molecule has 3 rings (SSSR count). The quantitative estimate of drug-likeness (QED) is 0.825. The molecule has 0 spiro atoms. The topological polar surface area (TPSA) is 46.3 Å². The van der Waals surface area contributed by atoms with Crippen LogP contribution in [0.5, 0.6) is 0 Å². The van der Waals surface area contributed by atoms with Gasteiger partial charge in [0.15, 0.2) is 0 Å². The van der Waals surface area contributed by atoms with Crippen LogP contribution in [0.2, 0.25) is 0 Å². The average Bonchev–Trinajstić information content (AvgIpc) is 3.16. The van der Waals surface area contributed by atoms with Gasteiger partial charge in [-0.25, -0.2) is 0 Å². The maximum atomic E-state index is 13.0. The van der Waals surface area contributed by atoms with E-state index >= 15 is 0 Å². The number of hydrogen-bond acceptors (Lipinski definition) is 4. The second kappa shape index (κ2) is 6.71. The first-order valence-electron chi connectivity index (χ1n) is 8.64. The number of amides is 1. The molecule has 2 aromatic heterocycles. The van der Waals surface area contributed by atoms with Gasteiger partial charge in [-0.15, -0.1) is 11.3 Å². The zero-order valence-electron chi connectivity index (χ0n) is 15.0. The minimum atomic E-state index is -0.194. The maximum Gasteiger partial charge on any atom is 0.259 e. The fourth-order valence-corrected chi connectivity index (χ4v) is 4.17. The molecule has 0 atom stereocenters. The van der Waals surface area contributed by atoms with E-state index in [1.54, 1.807) is 0 Å². The monoisotopic (exact) mass is 346 g/mol. The van der Waals surface area contributed by atoms with Gasteiger partial charge in [0.1, 0.15) is 17.0 Å². The molecular formula is C19H26N2O2S. The van der Waals surface area contributed by atoms with E-state index in [2.05, 4.69) is 43.4 Å². The molecule has 24 heavy (non-hydrogen) atoms. The van der Waals surface area contributed by atoms with Crippen molar-refractivity contribution in [1.29, 1.82) is 0 Å². The summed E-state index contributed by atoms with van der Waals surface area (Å²) in [6.45, 7) is 9.67. The highest BCUT2D eigenvalue weighted by Gasteiger charge is 2.32. The van der Waals surface area contributed by atoms with Crippen molar-refractivity contribution in [3.05, 3.63) is 39.4 Å². The smallest absolute Gasteiger partial charge is 0.259 e. The summed E-state index contributed by atoms with van der Waals surface area (Å²) in [5.74, 6) is 1.39. The van der Waals surface area contributed by atoms with Crippen molar-refractivity contribution in [3.63, 3.8) is 0 Å². The van der Waals surface area contributed by atoms with Crippen LogP contribution in [0.3, 0.4) is 0 Å². The fourth-order valence-electron chi connectivity index (χ4n) is 3.35. The second-order valence-electron chi connectivity index (χ2n) is 7.73. The molecule has 1 aliphatic rings. The van der Waals surface area contributed by atoms with E-state index in [4.69, 9.17) is 4.52 Å². The molecule has 3 heterocycles. The average molecular weight is 346 g/mol. The van der Waals surface area contributed by atoms with Crippen LogP contribution >= 0.6 is 11.3 Å². The van der Waals surface area contributed by atoms with Gasteiger partial charge < -0.3 is 9.42 Å². The summed E-state index contributed by atoms with van der Waals surface area (Å²) in [7, 11) is 0. The minimum Gasteiger partial charge on any atom is -0.361 e. The Kier molecular flexibility index (Phi) is 4.81. The number of carbonyl (C=O) groups excluding carboxylic acids is 1. The zero-order valence-corrected chi connectivity index (χ0v) is 15.8. The van der Waals surface area contributed by atoms with Gasteiger partial charge in [-0.1, -0.05) is 32.0 Å². The molecule has 4 nitrogen and oxygen atoms in total. The van der Waals surface area contributed by atoms with Crippen LogP contribution in [0.15, 0.2) is 22.0 Å². The summed E-state index contributed by atoms with van der Waals surface area (Å²) in [5.41, 5.74) is 1.24. The van der Waals surface area contributed by atoms with Crippen molar-refractivity contribution < 1.29 is 9.32 Å². The van der Waals surface area contributed by atoms with Crippen LogP contribution in [0.4, 0.5) is 0 Å². The molecule has 1 aliphatic heterocycles. The summed E-state index contributed by atoms with van der Waals surface area (Å²) in [6, 6.07) is 4.32. The number of piperidine rings is 1. The largest absolute Gasteiger partial charge is 0.361 e. The molecule has 1 amide bonds. The summed E-state index contributed by atoms with van der Waals surface area (Å²) in [4.78, 5) is 16.4. The molecule has 0 saturated carbocycles. The fraction of sp³-hybridized carbons (Fsp3) is 0.579. The van der Waals surface area contributed by atoms with Gasteiger partial charge in [0.05, 0.1) is 0 Å². The molecule has 130 valence electrons. The highest BCUT2D eigenvalue weighted by Crippen LogP contribution is 2.30. The van der Waals surface area contributed by atoms with E-state index in [0.29, 0.717) is 17.2 Å². The first-order valence-corrected chi connectivity index (χ1v) is 9.52. The Morgan fingerprint density at radius 3 is 2.67 bits per heavy atom. The van der Waals surface area contributed by atoms with Gasteiger partial charge in [0.2, 0.25) is 0 Å². The third-order valence-corrected chi connectivity index (χ3v) is 5.66. The van der Waals surface area contributed by atoms with E-state index in [-0.39, 0.29) is 11.3 Å². The van der Waals surface area contributed by atoms with Gasteiger partial charge >= 0.3 is 0 Å². The van der Waals surface area contributed by atoms with Crippen molar-refractivity contribution >= 4 is 17.2 Å². The first kappa shape index (κ1) is 17.2. The summed E-state index contributed by atoms with van der Waals surface area (Å²) in [6.07, 6.45) is 3.27. The van der Waals surface area contributed by atoms with E-state index in [1.165, 1.54) is 4.88 Å². The van der Waals surface area contributed by atoms with E-state index < -0.39 is 0 Å². The van der Waals surface area contributed by atoms with Gasteiger partial charge in [-0.05, 0) is 43.6 Å². The summed E-state index contributed by atoms with van der Waals surface area (Å²) < 4.78 is 5.33. The Morgan fingerprint density at radius 1 is 1.38 bits per heavy atom.